The highest BCUT2D eigenvalue weighted by molar-refractivity contribution is 6.31. The van der Waals surface area contributed by atoms with Crippen LogP contribution >= 0.6 is 11.6 Å². The fourth-order valence-corrected chi connectivity index (χ4v) is 2.10. The second kappa shape index (κ2) is 8.64. The molecule has 1 rings (SSSR count). The van der Waals surface area contributed by atoms with E-state index in [1.54, 1.807) is 6.07 Å². The molecular weight excluding hydrogens is 292 g/mol. The van der Waals surface area contributed by atoms with Crippen LogP contribution in [-0.4, -0.2) is 25.5 Å². The first-order chi connectivity index (χ1) is 9.97. The number of esters is 1. The van der Waals surface area contributed by atoms with Gasteiger partial charge in [0, 0.05) is 11.4 Å². The Balaban J connectivity index is 2.71. The number of hydrogen-bond donors (Lipinski definition) is 2. The first kappa shape index (κ1) is 17.5. The summed E-state index contributed by atoms with van der Waals surface area (Å²) in [5.74, 6) is -0.287. The molecule has 0 aromatic heterocycles. The lowest BCUT2D eigenvalue weighted by molar-refractivity contribution is -0.116. The number of rotatable bonds is 7. The molecule has 0 spiro atoms. The third-order valence-corrected chi connectivity index (χ3v) is 3.42. The van der Waals surface area contributed by atoms with Gasteiger partial charge < -0.3 is 15.8 Å². The van der Waals surface area contributed by atoms with E-state index in [0.29, 0.717) is 29.6 Å². The second-order valence-electron chi connectivity index (χ2n) is 4.95. The summed E-state index contributed by atoms with van der Waals surface area (Å²) in [5.41, 5.74) is 6.13. The van der Waals surface area contributed by atoms with E-state index < -0.39 is 5.97 Å². The van der Waals surface area contributed by atoms with E-state index in [-0.39, 0.29) is 11.5 Å². The Morgan fingerprint density at radius 3 is 2.71 bits per heavy atom. The molecular formula is C15H21ClN2O3. The monoisotopic (exact) mass is 312 g/mol. The van der Waals surface area contributed by atoms with Crippen LogP contribution in [0.5, 0.6) is 0 Å². The standard InChI is InChI=1S/C15H21ClN2O3/c1-10(7-8-17)3-6-14(19)18-13-9-11(16)4-5-12(13)15(20)21-2/h4-5,9-10H,3,6-8,17H2,1-2H3,(H,18,19). The van der Waals surface area contributed by atoms with Gasteiger partial charge in [-0.05, 0) is 43.5 Å². The fraction of sp³-hybridized carbons (Fsp3) is 0.467. The minimum absolute atomic E-state index is 0.161. The van der Waals surface area contributed by atoms with Crippen molar-refractivity contribution in [2.75, 3.05) is 19.0 Å². The zero-order valence-corrected chi connectivity index (χ0v) is 13.1. The summed E-state index contributed by atoms with van der Waals surface area (Å²) in [7, 11) is 1.29. The average Bonchev–Trinajstić information content (AvgIpc) is 2.45. The molecule has 0 heterocycles. The predicted molar refractivity (Wildman–Crippen MR) is 83.5 cm³/mol. The smallest absolute Gasteiger partial charge is 0.339 e. The van der Waals surface area contributed by atoms with E-state index >= 15 is 0 Å². The van der Waals surface area contributed by atoms with Crippen molar-refractivity contribution < 1.29 is 14.3 Å². The van der Waals surface area contributed by atoms with E-state index in [2.05, 4.69) is 17.0 Å². The van der Waals surface area contributed by atoms with Crippen molar-refractivity contribution in [3.05, 3.63) is 28.8 Å². The molecule has 0 saturated carbocycles. The van der Waals surface area contributed by atoms with Crippen molar-refractivity contribution in [3.8, 4) is 0 Å². The minimum atomic E-state index is -0.515. The molecule has 1 atom stereocenters. The summed E-state index contributed by atoms with van der Waals surface area (Å²) in [4.78, 5) is 23.6. The number of methoxy groups -OCH3 is 1. The van der Waals surface area contributed by atoms with Gasteiger partial charge in [0.15, 0.2) is 0 Å². The van der Waals surface area contributed by atoms with Gasteiger partial charge in [-0.1, -0.05) is 18.5 Å². The summed E-state index contributed by atoms with van der Waals surface area (Å²) >= 11 is 5.90. The molecule has 3 N–H and O–H groups in total. The highest BCUT2D eigenvalue weighted by Gasteiger charge is 2.15. The number of nitrogens with one attached hydrogen (secondary N) is 1. The van der Waals surface area contributed by atoms with Gasteiger partial charge in [0.1, 0.15) is 0 Å². The Hall–Kier alpha value is -1.59. The van der Waals surface area contributed by atoms with Crippen LogP contribution in [0, 0.1) is 5.92 Å². The quantitative estimate of drug-likeness (QED) is 0.759. The summed E-state index contributed by atoms with van der Waals surface area (Å²) in [6.45, 7) is 2.67. The average molecular weight is 313 g/mol. The predicted octanol–water partition coefficient (Wildman–Crippen LogP) is 2.83. The Morgan fingerprint density at radius 2 is 2.10 bits per heavy atom. The number of halogens is 1. The van der Waals surface area contributed by atoms with Crippen LogP contribution in [0.15, 0.2) is 18.2 Å². The lowest BCUT2D eigenvalue weighted by atomic mass is 10.0. The molecule has 116 valence electrons. The number of amides is 1. The zero-order chi connectivity index (χ0) is 15.8. The lowest BCUT2D eigenvalue weighted by Crippen LogP contribution is -2.16. The Kier molecular flexibility index (Phi) is 7.19. The number of carbonyl (C=O) groups excluding carboxylic acids is 2. The van der Waals surface area contributed by atoms with Crippen LogP contribution in [0.4, 0.5) is 5.69 Å². The van der Waals surface area contributed by atoms with Crippen LogP contribution in [0.3, 0.4) is 0 Å². The summed E-state index contributed by atoms with van der Waals surface area (Å²) < 4.78 is 4.68. The minimum Gasteiger partial charge on any atom is -0.465 e. The van der Waals surface area contributed by atoms with Gasteiger partial charge in [-0.25, -0.2) is 4.79 Å². The van der Waals surface area contributed by atoms with E-state index in [1.165, 1.54) is 19.2 Å². The first-order valence-corrected chi connectivity index (χ1v) is 7.23. The normalized spacial score (nSPS) is 11.8. The van der Waals surface area contributed by atoms with Crippen LogP contribution in [0.25, 0.3) is 0 Å². The maximum atomic E-state index is 12.0. The van der Waals surface area contributed by atoms with Crippen molar-refractivity contribution in [3.63, 3.8) is 0 Å². The Morgan fingerprint density at radius 1 is 1.38 bits per heavy atom. The maximum absolute atomic E-state index is 12.0. The van der Waals surface area contributed by atoms with Gasteiger partial charge in [-0.15, -0.1) is 0 Å². The molecule has 6 heteroatoms. The van der Waals surface area contributed by atoms with E-state index in [9.17, 15) is 9.59 Å². The second-order valence-corrected chi connectivity index (χ2v) is 5.39. The summed E-state index contributed by atoms with van der Waals surface area (Å²) in [6.07, 6.45) is 2.00. The molecule has 1 aromatic rings. The van der Waals surface area contributed by atoms with Crippen LogP contribution < -0.4 is 11.1 Å². The van der Waals surface area contributed by atoms with Crippen molar-refractivity contribution in [1.82, 2.24) is 0 Å². The Bertz CT molecular complexity index is 506. The molecule has 0 saturated heterocycles. The van der Waals surface area contributed by atoms with Gasteiger partial charge in [-0.2, -0.15) is 0 Å². The summed E-state index contributed by atoms with van der Waals surface area (Å²) in [6, 6.07) is 4.64. The molecule has 1 unspecified atom stereocenters. The van der Waals surface area contributed by atoms with Gasteiger partial charge in [0.25, 0.3) is 0 Å². The molecule has 0 aliphatic rings. The van der Waals surface area contributed by atoms with Gasteiger partial charge in [0.2, 0.25) is 5.91 Å². The van der Waals surface area contributed by atoms with Crippen molar-refractivity contribution in [2.45, 2.75) is 26.2 Å². The SMILES string of the molecule is COC(=O)c1ccc(Cl)cc1NC(=O)CCC(C)CCN. The summed E-state index contributed by atoms with van der Waals surface area (Å²) in [5, 5.41) is 3.15. The van der Waals surface area contributed by atoms with Crippen LogP contribution in [0.1, 0.15) is 36.5 Å². The molecule has 0 bridgehead atoms. The van der Waals surface area contributed by atoms with E-state index in [4.69, 9.17) is 17.3 Å². The molecule has 0 aliphatic carbocycles. The number of nitrogens with two attached hydrogens (primary N) is 1. The van der Waals surface area contributed by atoms with Gasteiger partial charge in [-0.3, -0.25) is 4.79 Å². The van der Waals surface area contributed by atoms with E-state index in [0.717, 1.165) is 12.8 Å². The van der Waals surface area contributed by atoms with Crippen LogP contribution in [-0.2, 0) is 9.53 Å². The number of ether oxygens (including phenoxy) is 1. The molecule has 0 aliphatic heterocycles. The molecule has 1 amide bonds. The van der Waals surface area contributed by atoms with Crippen molar-refractivity contribution >= 4 is 29.2 Å². The topological polar surface area (TPSA) is 81.4 Å². The Labute approximate surface area is 129 Å². The lowest BCUT2D eigenvalue weighted by Gasteiger charge is -2.12. The molecule has 1 aromatic carbocycles. The van der Waals surface area contributed by atoms with Gasteiger partial charge >= 0.3 is 5.97 Å². The third-order valence-electron chi connectivity index (χ3n) is 3.18. The fourth-order valence-electron chi connectivity index (χ4n) is 1.93. The highest BCUT2D eigenvalue weighted by Crippen LogP contribution is 2.22. The van der Waals surface area contributed by atoms with Crippen LogP contribution in [0.2, 0.25) is 5.02 Å². The number of anilines is 1. The first-order valence-electron chi connectivity index (χ1n) is 6.85. The molecule has 21 heavy (non-hydrogen) atoms. The zero-order valence-electron chi connectivity index (χ0n) is 12.3. The molecule has 5 nitrogen and oxygen atoms in total. The van der Waals surface area contributed by atoms with Crippen molar-refractivity contribution in [1.29, 1.82) is 0 Å². The third kappa shape index (κ3) is 5.73. The number of carbonyl (C=O) groups is 2. The number of benzene rings is 1. The largest absolute Gasteiger partial charge is 0.465 e. The van der Waals surface area contributed by atoms with E-state index in [1.807, 2.05) is 0 Å². The van der Waals surface area contributed by atoms with Crippen molar-refractivity contribution in [2.24, 2.45) is 11.7 Å². The maximum Gasteiger partial charge on any atom is 0.339 e. The molecule has 0 radical (unpaired) electrons. The highest BCUT2D eigenvalue weighted by atomic mass is 35.5. The number of hydrogen-bond acceptors (Lipinski definition) is 4. The van der Waals surface area contributed by atoms with Gasteiger partial charge in [0.05, 0.1) is 18.4 Å². The molecule has 0 fully saturated rings.